The number of hydrogen-bond acceptors (Lipinski definition) is 8. The van der Waals surface area contributed by atoms with Gasteiger partial charge in [0.1, 0.15) is 11.9 Å². The molecular formula is C30H34Cl2N6O4. The number of nitrogens with zero attached hydrogens (tertiary/aromatic N) is 2. The van der Waals surface area contributed by atoms with E-state index in [0.717, 1.165) is 33.7 Å². The van der Waals surface area contributed by atoms with E-state index in [1.165, 1.54) is 11.1 Å². The van der Waals surface area contributed by atoms with Crippen LogP contribution in [0.4, 0.5) is 10.5 Å². The Labute approximate surface area is 255 Å². The fraction of sp³-hybridized carbons (Fsp3) is 0.267. The van der Waals surface area contributed by atoms with E-state index in [1.807, 2.05) is 48.5 Å². The maximum Gasteiger partial charge on any atom is 0.414 e. The number of carbonyl (C=O) groups is 2. The average molecular weight is 614 g/mol. The molecule has 1 heterocycles. The second kappa shape index (κ2) is 14.8. The molecule has 222 valence electrons. The van der Waals surface area contributed by atoms with E-state index < -0.39 is 22.9 Å². The fourth-order valence-corrected chi connectivity index (χ4v) is 4.55. The molecule has 1 unspecified atom stereocenters. The Hall–Kier alpha value is -3.96. The van der Waals surface area contributed by atoms with Gasteiger partial charge in [-0.15, -0.1) is 0 Å². The minimum atomic E-state index is -1.17. The molecule has 1 aliphatic rings. The summed E-state index contributed by atoms with van der Waals surface area (Å²) in [4.78, 5) is 24.3. The van der Waals surface area contributed by atoms with E-state index in [0.29, 0.717) is 31.9 Å². The maximum atomic E-state index is 12.4. The number of nitrogens with two attached hydrogens (primary N) is 2. The SMILES string of the molecule is COc1ccc(CN(N)/C(=C\N)CNCc2ccc(-c3ccc(N4CC(CNC(=O)C(Cl)Cl)OC4=O)cc3)cc2)cc1. The first-order chi connectivity index (χ1) is 20.3. The standard InChI is InChI=1S/C30H34Cl2N6O4/c1-41-26-12-4-21(5-13-26)18-38(34)25(14-33)16-35-15-20-2-6-22(7-3-20)23-8-10-24(11-9-23)37-19-27(42-30(37)40)17-36-29(39)28(31)32/h2-14,27-28,35H,15-19,33-34H2,1H3,(H,36,39)/b25-14-. The Morgan fingerprint density at radius 2 is 1.69 bits per heavy atom. The van der Waals surface area contributed by atoms with Crippen molar-refractivity contribution in [1.82, 2.24) is 15.6 Å². The monoisotopic (exact) mass is 612 g/mol. The second-order valence-corrected chi connectivity index (χ2v) is 10.7. The molecule has 4 rings (SSSR count). The van der Waals surface area contributed by atoms with Crippen LogP contribution < -0.4 is 31.8 Å². The van der Waals surface area contributed by atoms with Crippen molar-refractivity contribution in [3.05, 3.63) is 95.8 Å². The van der Waals surface area contributed by atoms with E-state index >= 15 is 0 Å². The summed E-state index contributed by atoms with van der Waals surface area (Å²) in [5.74, 6) is 6.52. The Morgan fingerprint density at radius 1 is 1.07 bits per heavy atom. The minimum Gasteiger partial charge on any atom is -0.497 e. The lowest BCUT2D eigenvalue weighted by molar-refractivity contribution is -0.119. The van der Waals surface area contributed by atoms with Crippen LogP contribution in [0, 0.1) is 0 Å². The molecule has 1 atom stereocenters. The minimum absolute atomic E-state index is 0.133. The van der Waals surface area contributed by atoms with Crippen LogP contribution in [0.2, 0.25) is 0 Å². The summed E-state index contributed by atoms with van der Waals surface area (Å²) in [6, 6.07) is 23.6. The number of hydrazine groups is 1. The van der Waals surface area contributed by atoms with Crippen LogP contribution in [0.3, 0.4) is 0 Å². The summed E-state index contributed by atoms with van der Waals surface area (Å²) in [6.07, 6.45) is 0.547. The topological polar surface area (TPSA) is 135 Å². The van der Waals surface area contributed by atoms with Gasteiger partial charge in [-0.2, -0.15) is 0 Å². The molecular weight excluding hydrogens is 579 g/mol. The van der Waals surface area contributed by atoms with E-state index in [1.54, 1.807) is 12.1 Å². The molecule has 3 aromatic rings. The zero-order chi connectivity index (χ0) is 30.1. The van der Waals surface area contributed by atoms with Crippen LogP contribution in [0.5, 0.6) is 5.75 Å². The lowest BCUT2D eigenvalue weighted by Crippen LogP contribution is -2.37. The lowest BCUT2D eigenvalue weighted by Gasteiger charge is -2.22. The van der Waals surface area contributed by atoms with Crippen molar-refractivity contribution >= 4 is 40.9 Å². The smallest absolute Gasteiger partial charge is 0.414 e. The summed E-state index contributed by atoms with van der Waals surface area (Å²) in [6.45, 7) is 2.11. The zero-order valence-electron chi connectivity index (χ0n) is 23.1. The molecule has 0 aliphatic carbocycles. The number of ether oxygens (including phenoxy) is 2. The number of halogens is 2. The first kappa shape index (κ1) is 31.0. The van der Waals surface area contributed by atoms with Crippen LogP contribution in [-0.4, -0.2) is 54.7 Å². The van der Waals surface area contributed by atoms with Gasteiger partial charge >= 0.3 is 6.09 Å². The molecule has 1 saturated heterocycles. The first-order valence-corrected chi connectivity index (χ1v) is 14.1. The van der Waals surface area contributed by atoms with Crippen LogP contribution in [0.1, 0.15) is 11.1 Å². The summed E-state index contributed by atoms with van der Waals surface area (Å²) in [7, 11) is 1.63. The van der Waals surface area contributed by atoms with Crippen molar-refractivity contribution in [2.45, 2.75) is 24.0 Å². The average Bonchev–Trinajstić information content (AvgIpc) is 3.38. The van der Waals surface area contributed by atoms with Gasteiger partial charge < -0.3 is 30.8 Å². The molecule has 1 aliphatic heterocycles. The molecule has 0 radical (unpaired) electrons. The van der Waals surface area contributed by atoms with Crippen LogP contribution >= 0.6 is 23.2 Å². The Bertz CT molecular complexity index is 1370. The molecule has 1 fully saturated rings. The molecule has 12 heteroatoms. The predicted molar refractivity (Wildman–Crippen MR) is 165 cm³/mol. The molecule has 2 amide bonds. The number of anilines is 1. The third-order valence-corrected chi connectivity index (χ3v) is 7.15. The highest BCUT2D eigenvalue weighted by atomic mass is 35.5. The number of cyclic esters (lactones) is 1. The Morgan fingerprint density at radius 3 is 2.29 bits per heavy atom. The van der Waals surface area contributed by atoms with Gasteiger partial charge in [0.15, 0.2) is 4.84 Å². The number of rotatable bonds is 13. The van der Waals surface area contributed by atoms with E-state index in [4.69, 9.17) is 44.3 Å². The number of nitrogens with one attached hydrogen (secondary N) is 2. The molecule has 6 N–H and O–H groups in total. The van der Waals surface area contributed by atoms with E-state index in [9.17, 15) is 9.59 Å². The van der Waals surface area contributed by atoms with Gasteiger partial charge in [-0.05, 0) is 46.5 Å². The van der Waals surface area contributed by atoms with E-state index in [2.05, 4.69) is 34.9 Å². The van der Waals surface area contributed by atoms with Crippen molar-refractivity contribution in [2.75, 3.05) is 31.6 Å². The van der Waals surface area contributed by atoms with Crippen LogP contribution in [0.25, 0.3) is 11.1 Å². The van der Waals surface area contributed by atoms with Gasteiger partial charge in [-0.25, -0.2) is 10.6 Å². The van der Waals surface area contributed by atoms with Crippen LogP contribution in [0.15, 0.2) is 84.7 Å². The van der Waals surface area contributed by atoms with Gasteiger partial charge in [-0.3, -0.25) is 9.69 Å². The number of carbonyl (C=O) groups excluding carboxylic acids is 2. The number of alkyl halides is 2. The number of benzene rings is 3. The normalized spacial score (nSPS) is 15.1. The Kier molecular flexibility index (Phi) is 10.9. The maximum absolute atomic E-state index is 12.4. The van der Waals surface area contributed by atoms with Crippen molar-refractivity contribution < 1.29 is 19.1 Å². The third kappa shape index (κ3) is 8.29. The van der Waals surface area contributed by atoms with Gasteiger partial charge in [0, 0.05) is 25.0 Å². The largest absolute Gasteiger partial charge is 0.497 e. The molecule has 0 bridgehead atoms. The zero-order valence-corrected chi connectivity index (χ0v) is 24.6. The molecule has 10 nitrogen and oxygen atoms in total. The lowest BCUT2D eigenvalue weighted by atomic mass is 10.0. The summed E-state index contributed by atoms with van der Waals surface area (Å²) < 4.78 is 10.5. The van der Waals surface area contributed by atoms with E-state index in [-0.39, 0.29) is 6.54 Å². The van der Waals surface area contributed by atoms with Crippen LogP contribution in [-0.2, 0) is 22.6 Å². The van der Waals surface area contributed by atoms with Gasteiger partial charge in [0.05, 0.1) is 32.4 Å². The van der Waals surface area contributed by atoms with Crippen molar-refractivity contribution in [3.63, 3.8) is 0 Å². The molecule has 0 saturated carbocycles. The number of methoxy groups -OCH3 is 1. The molecule has 3 aromatic carbocycles. The van der Waals surface area contributed by atoms with Gasteiger partial charge in [0.25, 0.3) is 5.91 Å². The second-order valence-electron chi connectivity index (χ2n) is 9.64. The Balaban J connectivity index is 1.26. The highest BCUT2D eigenvalue weighted by molar-refractivity contribution is 6.53. The molecule has 0 spiro atoms. The third-order valence-electron chi connectivity index (χ3n) is 6.75. The fourth-order valence-electron chi connectivity index (χ4n) is 4.40. The molecule has 42 heavy (non-hydrogen) atoms. The summed E-state index contributed by atoms with van der Waals surface area (Å²) >= 11 is 11.1. The summed E-state index contributed by atoms with van der Waals surface area (Å²) in [5, 5.41) is 7.57. The number of hydrogen-bond donors (Lipinski definition) is 4. The van der Waals surface area contributed by atoms with Gasteiger partial charge in [0.2, 0.25) is 0 Å². The van der Waals surface area contributed by atoms with Crippen molar-refractivity contribution in [2.24, 2.45) is 11.6 Å². The predicted octanol–water partition coefficient (Wildman–Crippen LogP) is 3.87. The first-order valence-electron chi connectivity index (χ1n) is 13.3. The van der Waals surface area contributed by atoms with Crippen molar-refractivity contribution in [1.29, 1.82) is 0 Å². The van der Waals surface area contributed by atoms with Gasteiger partial charge in [-0.1, -0.05) is 71.7 Å². The summed E-state index contributed by atoms with van der Waals surface area (Å²) in [5.41, 5.74) is 11.5. The molecule has 0 aromatic heterocycles. The quantitative estimate of drug-likeness (QED) is 0.130. The number of amides is 2. The highest BCUT2D eigenvalue weighted by Crippen LogP contribution is 2.26. The van der Waals surface area contributed by atoms with Crippen molar-refractivity contribution in [3.8, 4) is 16.9 Å². The highest BCUT2D eigenvalue weighted by Gasteiger charge is 2.32.